The lowest BCUT2D eigenvalue weighted by atomic mass is 9.69. The van der Waals surface area contributed by atoms with E-state index in [0.29, 0.717) is 11.8 Å². The quantitative estimate of drug-likeness (QED) is 0.855. The van der Waals surface area contributed by atoms with Gasteiger partial charge in [0.1, 0.15) is 0 Å². The highest BCUT2D eigenvalue weighted by molar-refractivity contribution is 7.99. The van der Waals surface area contributed by atoms with Crippen molar-refractivity contribution in [2.75, 3.05) is 6.54 Å². The number of nitrogens with two attached hydrogens (primary N) is 1. The Bertz CT molecular complexity index is 341. The minimum Gasteiger partial charge on any atom is -0.339 e. The van der Waals surface area contributed by atoms with Crippen molar-refractivity contribution in [3.8, 4) is 0 Å². The summed E-state index contributed by atoms with van der Waals surface area (Å²) in [6.45, 7) is 4.95. The molecule has 0 radical (unpaired) electrons. The predicted octanol–water partition coefficient (Wildman–Crippen LogP) is 2.09. The topological polar surface area (TPSA) is 64.9 Å². The van der Waals surface area contributed by atoms with Crippen LogP contribution in [-0.2, 0) is 11.2 Å². The van der Waals surface area contributed by atoms with Crippen LogP contribution >= 0.6 is 11.8 Å². The summed E-state index contributed by atoms with van der Waals surface area (Å²) in [6.07, 6.45) is 3.39. The first kappa shape index (κ1) is 11.9. The largest absolute Gasteiger partial charge is 0.339 e. The lowest BCUT2D eigenvalue weighted by Crippen LogP contribution is -2.41. The van der Waals surface area contributed by atoms with Gasteiger partial charge < -0.3 is 10.3 Å². The van der Waals surface area contributed by atoms with Crippen LogP contribution in [0.4, 0.5) is 0 Å². The SMILES string of the molecule is CC(C)SCc1noc(C2(CN)CCC2)n1. The monoisotopic (exact) mass is 241 g/mol. The van der Waals surface area contributed by atoms with Gasteiger partial charge >= 0.3 is 0 Å². The van der Waals surface area contributed by atoms with Crippen molar-refractivity contribution in [1.29, 1.82) is 0 Å². The standard InChI is InChI=1S/C11H19N3OS/c1-8(2)16-6-9-13-10(15-14-9)11(7-12)4-3-5-11/h8H,3-7,12H2,1-2H3. The summed E-state index contributed by atoms with van der Waals surface area (Å²) in [4.78, 5) is 4.47. The van der Waals surface area contributed by atoms with E-state index in [4.69, 9.17) is 10.3 Å². The van der Waals surface area contributed by atoms with Crippen molar-refractivity contribution in [3.63, 3.8) is 0 Å². The second kappa shape index (κ2) is 4.75. The number of hydrogen-bond acceptors (Lipinski definition) is 5. The van der Waals surface area contributed by atoms with E-state index in [-0.39, 0.29) is 5.41 Å². The summed E-state index contributed by atoms with van der Waals surface area (Å²) in [5.74, 6) is 2.37. The molecule has 1 aromatic rings. The summed E-state index contributed by atoms with van der Waals surface area (Å²) < 4.78 is 5.34. The maximum Gasteiger partial charge on any atom is 0.234 e. The fraction of sp³-hybridized carbons (Fsp3) is 0.818. The summed E-state index contributed by atoms with van der Waals surface area (Å²) in [7, 11) is 0. The first-order valence-electron chi connectivity index (χ1n) is 5.81. The third-order valence-electron chi connectivity index (χ3n) is 3.17. The van der Waals surface area contributed by atoms with Gasteiger partial charge in [0, 0.05) is 6.54 Å². The summed E-state index contributed by atoms with van der Waals surface area (Å²) >= 11 is 1.83. The van der Waals surface area contributed by atoms with Crippen LogP contribution in [0.15, 0.2) is 4.52 Å². The van der Waals surface area contributed by atoms with Gasteiger partial charge in [-0.25, -0.2) is 0 Å². The van der Waals surface area contributed by atoms with Crippen LogP contribution < -0.4 is 5.73 Å². The Hall–Kier alpha value is -0.550. The van der Waals surface area contributed by atoms with E-state index in [2.05, 4.69) is 24.0 Å². The van der Waals surface area contributed by atoms with Crippen molar-refractivity contribution in [2.24, 2.45) is 5.73 Å². The van der Waals surface area contributed by atoms with Gasteiger partial charge in [-0.15, -0.1) is 0 Å². The number of nitrogens with zero attached hydrogens (tertiary/aromatic N) is 2. The highest BCUT2D eigenvalue weighted by Crippen LogP contribution is 2.41. The molecular formula is C11H19N3OS. The number of hydrogen-bond donors (Lipinski definition) is 1. The van der Waals surface area contributed by atoms with Crippen LogP contribution in [0.25, 0.3) is 0 Å². The van der Waals surface area contributed by atoms with Gasteiger partial charge in [-0.05, 0) is 18.1 Å². The zero-order valence-corrected chi connectivity index (χ0v) is 10.7. The highest BCUT2D eigenvalue weighted by Gasteiger charge is 2.42. The lowest BCUT2D eigenvalue weighted by molar-refractivity contribution is 0.181. The summed E-state index contributed by atoms with van der Waals surface area (Å²) in [5.41, 5.74) is 5.79. The van der Waals surface area contributed by atoms with E-state index in [0.717, 1.165) is 30.3 Å². The molecule has 1 aromatic heterocycles. The van der Waals surface area contributed by atoms with Crippen LogP contribution in [0, 0.1) is 0 Å². The fourth-order valence-electron chi connectivity index (χ4n) is 1.88. The lowest BCUT2D eigenvalue weighted by Gasteiger charge is -2.36. The number of rotatable bonds is 5. The van der Waals surface area contributed by atoms with E-state index in [1.165, 1.54) is 6.42 Å². The minimum atomic E-state index is -0.00620. The van der Waals surface area contributed by atoms with E-state index in [9.17, 15) is 0 Å². The van der Waals surface area contributed by atoms with Crippen LogP contribution in [0.2, 0.25) is 0 Å². The van der Waals surface area contributed by atoms with Gasteiger partial charge in [0.25, 0.3) is 0 Å². The number of aromatic nitrogens is 2. The zero-order chi connectivity index (χ0) is 11.6. The van der Waals surface area contributed by atoms with Gasteiger partial charge in [0.15, 0.2) is 5.82 Å². The van der Waals surface area contributed by atoms with Gasteiger partial charge in [0.05, 0.1) is 11.2 Å². The van der Waals surface area contributed by atoms with Crippen molar-refractivity contribution in [1.82, 2.24) is 10.1 Å². The van der Waals surface area contributed by atoms with Gasteiger partial charge in [-0.2, -0.15) is 16.7 Å². The molecule has 1 aliphatic carbocycles. The van der Waals surface area contributed by atoms with Gasteiger partial charge in [0.2, 0.25) is 5.89 Å². The molecule has 0 saturated heterocycles. The molecule has 4 nitrogen and oxygen atoms in total. The Kier molecular flexibility index (Phi) is 3.54. The molecule has 0 spiro atoms. The van der Waals surface area contributed by atoms with E-state index < -0.39 is 0 Å². The Morgan fingerprint density at radius 2 is 2.25 bits per heavy atom. The molecule has 90 valence electrons. The maximum absolute atomic E-state index is 5.80. The Morgan fingerprint density at radius 3 is 2.75 bits per heavy atom. The molecule has 0 aromatic carbocycles. The second-order valence-electron chi connectivity index (χ2n) is 4.71. The first-order chi connectivity index (χ1) is 7.66. The molecular weight excluding hydrogens is 222 g/mol. The molecule has 0 atom stereocenters. The molecule has 0 amide bonds. The van der Waals surface area contributed by atoms with Crippen LogP contribution in [0.5, 0.6) is 0 Å². The molecule has 2 rings (SSSR count). The van der Waals surface area contributed by atoms with E-state index in [1.54, 1.807) is 0 Å². The molecule has 5 heteroatoms. The van der Waals surface area contributed by atoms with Crippen LogP contribution in [0.1, 0.15) is 44.8 Å². The first-order valence-corrected chi connectivity index (χ1v) is 6.86. The molecule has 0 unspecified atom stereocenters. The fourth-order valence-corrected chi connectivity index (χ4v) is 2.48. The molecule has 1 saturated carbocycles. The molecule has 2 N–H and O–H groups in total. The van der Waals surface area contributed by atoms with Crippen molar-refractivity contribution in [2.45, 2.75) is 49.5 Å². The minimum absolute atomic E-state index is 0.00620. The number of thioether (sulfide) groups is 1. The third kappa shape index (κ3) is 2.25. The Labute approximate surface area is 100 Å². The molecule has 0 aliphatic heterocycles. The Balaban J connectivity index is 2.01. The van der Waals surface area contributed by atoms with Crippen LogP contribution in [-0.4, -0.2) is 21.9 Å². The molecule has 1 aliphatic rings. The van der Waals surface area contributed by atoms with Crippen LogP contribution in [0.3, 0.4) is 0 Å². The normalized spacial score (nSPS) is 18.8. The van der Waals surface area contributed by atoms with Crippen molar-refractivity contribution < 1.29 is 4.52 Å². The summed E-state index contributed by atoms with van der Waals surface area (Å²) in [6, 6.07) is 0. The van der Waals surface area contributed by atoms with Crippen molar-refractivity contribution in [3.05, 3.63) is 11.7 Å². The van der Waals surface area contributed by atoms with Crippen molar-refractivity contribution >= 4 is 11.8 Å². The highest BCUT2D eigenvalue weighted by atomic mass is 32.2. The average Bonchev–Trinajstić information content (AvgIpc) is 2.63. The molecule has 0 bridgehead atoms. The third-order valence-corrected chi connectivity index (χ3v) is 4.26. The Morgan fingerprint density at radius 1 is 1.50 bits per heavy atom. The molecule has 16 heavy (non-hydrogen) atoms. The maximum atomic E-state index is 5.80. The zero-order valence-electron chi connectivity index (χ0n) is 9.90. The van der Waals surface area contributed by atoms with E-state index in [1.807, 2.05) is 11.8 Å². The predicted molar refractivity (Wildman–Crippen MR) is 65.3 cm³/mol. The van der Waals surface area contributed by atoms with E-state index >= 15 is 0 Å². The summed E-state index contributed by atoms with van der Waals surface area (Å²) in [5, 5.41) is 4.61. The smallest absolute Gasteiger partial charge is 0.234 e. The van der Waals surface area contributed by atoms with Gasteiger partial charge in [-0.3, -0.25) is 0 Å². The second-order valence-corrected chi connectivity index (χ2v) is 6.28. The van der Waals surface area contributed by atoms with Gasteiger partial charge in [-0.1, -0.05) is 25.4 Å². The average molecular weight is 241 g/mol. The molecule has 1 fully saturated rings. The molecule has 1 heterocycles.